The van der Waals surface area contributed by atoms with E-state index in [2.05, 4.69) is 22.3 Å². The average Bonchev–Trinajstić information content (AvgIpc) is 2.56. The van der Waals surface area contributed by atoms with Gasteiger partial charge in [0, 0.05) is 30.7 Å². The van der Waals surface area contributed by atoms with Crippen molar-refractivity contribution >= 4 is 23.4 Å². The van der Waals surface area contributed by atoms with E-state index in [4.69, 9.17) is 0 Å². The fraction of sp³-hybridized carbons (Fsp3) is 0.278. The first-order valence-corrected chi connectivity index (χ1v) is 8.30. The molecule has 2 aromatic carbocycles. The second-order valence-electron chi connectivity index (χ2n) is 5.12. The molecule has 116 valence electrons. The molecule has 1 N–H and O–H groups in total. The van der Waals surface area contributed by atoms with Crippen molar-refractivity contribution in [2.24, 2.45) is 0 Å². The van der Waals surface area contributed by atoms with E-state index >= 15 is 0 Å². The Kier molecular flexibility index (Phi) is 6.34. The zero-order chi connectivity index (χ0) is 15.8. The summed E-state index contributed by atoms with van der Waals surface area (Å²) in [5.74, 6) is 0.0790. The minimum atomic E-state index is -0.0931. The summed E-state index contributed by atoms with van der Waals surface area (Å²) in [6, 6.07) is 20.2. The quantitative estimate of drug-likeness (QED) is 0.795. The summed E-state index contributed by atoms with van der Waals surface area (Å²) in [6.45, 7) is 3.37. The first-order chi connectivity index (χ1) is 10.7. The summed E-state index contributed by atoms with van der Waals surface area (Å²) >= 11 is 1.58. The van der Waals surface area contributed by atoms with Gasteiger partial charge >= 0.3 is 0 Å². The Morgan fingerprint density at radius 2 is 1.68 bits per heavy atom. The summed E-state index contributed by atoms with van der Waals surface area (Å²) in [5.41, 5.74) is 1.16. The molecule has 1 amide bonds. The highest BCUT2D eigenvalue weighted by Crippen LogP contribution is 2.22. The number of likely N-dealkylation sites (N-methyl/N-ethyl adjacent to an activating group) is 1. The predicted molar refractivity (Wildman–Crippen MR) is 94.5 cm³/mol. The maximum absolute atomic E-state index is 12.1. The standard InChI is InChI=1S/C18H22N2OS/c1-15(22-17-11-7-4-8-12-17)18(21)19-13-14-20(2)16-9-5-3-6-10-16/h3-12,15H,13-14H2,1-2H3,(H,19,21)/t15-/m0/s1. The largest absolute Gasteiger partial charge is 0.373 e. The van der Waals surface area contributed by atoms with E-state index in [1.54, 1.807) is 11.8 Å². The van der Waals surface area contributed by atoms with E-state index in [9.17, 15) is 4.79 Å². The van der Waals surface area contributed by atoms with Crippen LogP contribution in [0.25, 0.3) is 0 Å². The Morgan fingerprint density at radius 1 is 1.09 bits per heavy atom. The van der Waals surface area contributed by atoms with Crippen LogP contribution in [0.5, 0.6) is 0 Å². The number of para-hydroxylation sites is 1. The van der Waals surface area contributed by atoms with Crippen molar-refractivity contribution < 1.29 is 4.79 Å². The molecular weight excluding hydrogens is 292 g/mol. The second-order valence-corrected chi connectivity index (χ2v) is 6.54. The van der Waals surface area contributed by atoms with Crippen molar-refractivity contribution in [2.45, 2.75) is 17.1 Å². The van der Waals surface area contributed by atoms with Gasteiger partial charge < -0.3 is 10.2 Å². The lowest BCUT2D eigenvalue weighted by atomic mass is 10.3. The minimum absolute atomic E-state index is 0.0790. The van der Waals surface area contributed by atoms with Gasteiger partial charge in [-0.15, -0.1) is 11.8 Å². The van der Waals surface area contributed by atoms with Crippen LogP contribution in [-0.4, -0.2) is 31.3 Å². The Morgan fingerprint density at radius 3 is 2.32 bits per heavy atom. The molecule has 0 saturated heterocycles. The van der Waals surface area contributed by atoms with Gasteiger partial charge in [-0.05, 0) is 31.2 Å². The third kappa shape index (κ3) is 5.11. The molecule has 3 nitrogen and oxygen atoms in total. The maximum Gasteiger partial charge on any atom is 0.233 e. The van der Waals surface area contributed by atoms with Crippen LogP contribution in [-0.2, 0) is 4.79 Å². The molecule has 2 aromatic rings. The molecule has 4 heteroatoms. The smallest absolute Gasteiger partial charge is 0.233 e. The summed E-state index contributed by atoms with van der Waals surface area (Å²) in [6.07, 6.45) is 0. The molecule has 0 aliphatic carbocycles. The molecule has 0 spiro atoms. The lowest BCUT2D eigenvalue weighted by molar-refractivity contribution is -0.120. The summed E-state index contributed by atoms with van der Waals surface area (Å²) < 4.78 is 0. The number of carbonyl (C=O) groups excluding carboxylic acids is 1. The van der Waals surface area contributed by atoms with Gasteiger partial charge in [0.15, 0.2) is 0 Å². The van der Waals surface area contributed by atoms with Crippen LogP contribution in [0.2, 0.25) is 0 Å². The van der Waals surface area contributed by atoms with Gasteiger partial charge in [-0.2, -0.15) is 0 Å². The third-order valence-corrected chi connectivity index (χ3v) is 4.48. The van der Waals surface area contributed by atoms with Crippen molar-refractivity contribution in [3.63, 3.8) is 0 Å². The van der Waals surface area contributed by atoms with Crippen LogP contribution in [0, 0.1) is 0 Å². The van der Waals surface area contributed by atoms with Gasteiger partial charge in [-0.25, -0.2) is 0 Å². The van der Waals surface area contributed by atoms with E-state index in [-0.39, 0.29) is 11.2 Å². The number of amides is 1. The van der Waals surface area contributed by atoms with Crippen LogP contribution in [0.1, 0.15) is 6.92 Å². The second kappa shape index (κ2) is 8.49. The van der Waals surface area contributed by atoms with E-state index in [0.29, 0.717) is 6.54 Å². The highest BCUT2D eigenvalue weighted by Gasteiger charge is 2.13. The number of carbonyl (C=O) groups is 1. The number of hydrogen-bond acceptors (Lipinski definition) is 3. The molecule has 2 rings (SSSR count). The van der Waals surface area contributed by atoms with Crippen molar-refractivity contribution in [1.29, 1.82) is 0 Å². The van der Waals surface area contributed by atoms with Crippen LogP contribution < -0.4 is 10.2 Å². The lowest BCUT2D eigenvalue weighted by Gasteiger charge is -2.20. The van der Waals surface area contributed by atoms with Crippen LogP contribution in [0.4, 0.5) is 5.69 Å². The Labute approximate surface area is 136 Å². The van der Waals surface area contributed by atoms with Crippen molar-refractivity contribution in [2.75, 3.05) is 25.0 Å². The van der Waals surface area contributed by atoms with Crippen molar-refractivity contribution in [1.82, 2.24) is 5.32 Å². The maximum atomic E-state index is 12.1. The molecule has 0 aromatic heterocycles. The summed E-state index contributed by atoms with van der Waals surface area (Å²) in [4.78, 5) is 15.4. The molecule has 0 aliphatic rings. The fourth-order valence-electron chi connectivity index (χ4n) is 2.06. The molecule has 1 atom stereocenters. The number of nitrogens with zero attached hydrogens (tertiary/aromatic N) is 1. The molecule has 0 unspecified atom stereocenters. The SMILES string of the molecule is C[C@H](Sc1ccccc1)C(=O)NCCN(C)c1ccccc1. The van der Waals surface area contributed by atoms with E-state index in [1.807, 2.05) is 62.5 Å². The van der Waals surface area contributed by atoms with Gasteiger partial charge in [0.25, 0.3) is 0 Å². The predicted octanol–water partition coefficient (Wildman–Crippen LogP) is 3.42. The van der Waals surface area contributed by atoms with Gasteiger partial charge in [0.05, 0.1) is 5.25 Å². The van der Waals surface area contributed by atoms with E-state index < -0.39 is 0 Å². The number of anilines is 1. The Hall–Kier alpha value is -1.94. The number of thioether (sulfide) groups is 1. The topological polar surface area (TPSA) is 32.3 Å². The van der Waals surface area contributed by atoms with E-state index in [1.165, 1.54) is 0 Å². The van der Waals surface area contributed by atoms with Gasteiger partial charge in [-0.1, -0.05) is 36.4 Å². The zero-order valence-corrected chi connectivity index (χ0v) is 13.8. The van der Waals surface area contributed by atoms with Crippen LogP contribution in [0.3, 0.4) is 0 Å². The number of benzene rings is 2. The summed E-state index contributed by atoms with van der Waals surface area (Å²) in [7, 11) is 2.03. The average molecular weight is 314 g/mol. The van der Waals surface area contributed by atoms with Crippen molar-refractivity contribution in [3.8, 4) is 0 Å². The number of nitrogens with one attached hydrogen (secondary N) is 1. The monoisotopic (exact) mass is 314 g/mol. The molecule has 0 radical (unpaired) electrons. The third-order valence-electron chi connectivity index (χ3n) is 3.37. The number of hydrogen-bond donors (Lipinski definition) is 1. The molecular formula is C18H22N2OS. The Bertz CT molecular complexity index is 574. The minimum Gasteiger partial charge on any atom is -0.373 e. The van der Waals surface area contributed by atoms with Crippen molar-refractivity contribution in [3.05, 3.63) is 60.7 Å². The van der Waals surface area contributed by atoms with Gasteiger partial charge in [-0.3, -0.25) is 4.79 Å². The zero-order valence-electron chi connectivity index (χ0n) is 13.0. The van der Waals surface area contributed by atoms with Gasteiger partial charge in [0.2, 0.25) is 5.91 Å². The Balaban J connectivity index is 1.73. The highest BCUT2D eigenvalue weighted by molar-refractivity contribution is 8.00. The van der Waals surface area contributed by atoms with Crippen LogP contribution in [0.15, 0.2) is 65.6 Å². The van der Waals surface area contributed by atoms with Gasteiger partial charge in [0.1, 0.15) is 0 Å². The molecule has 0 saturated carbocycles. The fourth-order valence-corrected chi connectivity index (χ4v) is 2.97. The number of rotatable bonds is 7. The van der Waals surface area contributed by atoms with E-state index in [0.717, 1.165) is 17.1 Å². The normalized spacial score (nSPS) is 11.7. The lowest BCUT2D eigenvalue weighted by Crippen LogP contribution is -2.36. The first-order valence-electron chi connectivity index (χ1n) is 7.42. The molecule has 22 heavy (non-hydrogen) atoms. The molecule has 0 aliphatic heterocycles. The molecule has 0 fully saturated rings. The summed E-state index contributed by atoms with van der Waals surface area (Å²) in [5, 5.41) is 2.91. The molecule has 0 bridgehead atoms. The highest BCUT2D eigenvalue weighted by atomic mass is 32.2. The molecule has 0 heterocycles. The first kappa shape index (κ1) is 16.4. The van der Waals surface area contributed by atoms with Crippen LogP contribution >= 0.6 is 11.8 Å².